The molecule has 0 amide bonds. The van der Waals surface area contributed by atoms with E-state index in [2.05, 4.69) is 0 Å². The third kappa shape index (κ3) is 3.14. The molecule has 0 spiro atoms. The highest BCUT2D eigenvalue weighted by Crippen LogP contribution is 2.14. The molecule has 0 saturated heterocycles. The summed E-state index contributed by atoms with van der Waals surface area (Å²) in [6, 6.07) is 13.7. The average Bonchev–Trinajstić information content (AvgIpc) is 2.48. The van der Waals surface area contributed by atoms with Gasteiger partial charge in [-0.05, 0) is 12.1 Å². The van der Waals surface area contributed by atoms with Gasteiger partial charge in [0.15, 0.2) is 11.6 Å². The van der Waals surface area contributed by atoms with E-state index in [1.54, 1.807) is 30.3 Å². The van der Waals surface area contributed by atoms with Crippen LogP contribution in [0.3, 0.4) is 0 Å². The van der Waals surface area contributed by atoms with E-state index in [9.17, 15) is 19.7 Å². The van der Waals surface area contributed by atoms with Gasteiger partial charge in [0.2, 0.25) is 0 Å². The summed E-state index contributed by atoms with van der Waals surface area (Å²) in [5, 5.41) is 10.5. The maximum atomic E-state index is 11.9. The molecule has 0 aliphatic heterocycles. The lowest BCUT2D eigenvalue weighted by atomic mass is 10.0. The largest absolute Gasteiger partial charge is 0.294 e. The number of hydrogen-bond donors (Lipinski definition) is 0. The highest BCUT2D eigenvalue weighted by molar-refractivity contribution is 6.13. The van der Waals surface area contributed by atoms with Crippen molar-refractivity contribution in [2.45, 2.75) is 6.42 Å². The van der Waals surface area contributed by atoms with Crippen molar-refractivity contribution in [3.05, 3.63) is 75.8 Å². The number of nitro benzene ring substituents is 1. The van der Waals surface area contributed by atoms with Crippen molar-refractivity contribution in [2.24, 2.45) is 0 Å². The Hall–Kier alpha value is -2.82. The number of carbonyl (C=O) groups is 2. The summed E-state index contributed by atoms with van der Waals surface area (Å²) in [5.41, 5.74) is 0.679. The quantitative estimate of drug-likeness (QED) is 0.362. The number of hydrogen-bond acceptors (Lipinski definition) is 4. The van der Waals surface area contributed by atoms with Gasteiger partial charge in [0, 0.05) is 23.3 Å². The summed E-state index contributed by atoms with van der Waals surface area (Å²) in [6.07, 6.45) is -0.248. The molecular formula is C15H11NO4. The van der Waals surface area contributed by atoms with Crippen LogP contribution in [0.25, 0.3) is 0 Å². The van der Waals surface area contributed by atoms with Gasteiger partial charge in [0.25, 0.3) is 5.69 Å². The van der Waals surface area contributed by atoms with E-state index in [1.807, 2.05) is 0 Å². The molecule has 0 unspecified atom stereocenters. The Bertz CT molecular complexity index is 647. The summed E-state index contributed by atoms with van der Waals surface area (Å²) < 4.78 is 0. The van der Waals surface area contributed by atoms with Crippen LogP contribution in [0.5, 0.6) is 0 Å². The van der Waals surface area contributed by atoms with E-state index in [0.29, 0.717) is 11.1 Å². The lowest BCUT2D eigenvalue weighted by Gasteiger charge is -2.01. The van der Waals surface area contributed by atoms with E-state index >= 15 is 0 Å². The molecule has 5 heteroatoms. The fourth-order valence-electron chi connectivity index (χ4n) is 1.74. The number of benzene rings is 2. The molecule has 0 radical (unpaired) electrons. The Labute approximate surface area is 115 Å². The van der Waals surface area contributed by atoms with Crippen molar-refractivity contribution in [3.8, 4) is 0 Å². The molecule has 5 nitrogen and oxygen atoms in total. The van der Waals surface area contributed by atoms with E-state index in [-0.39, 0.29) is 23.7 Å². The van der Waals surface area contributed by atoms with Crippen LogP contribution >= 0.6 is 0 Å². The lowest BCUT2D eigenvalue weighted by Crippen LogP contribution is -2.08. The van der Waals surface area contributed by atoms with Gasteiger partial charge in [0.05, 0.1) is 11.3 Å². The van der Waals surface area contributed by atoms with Gasteiger partial charge in [-0.25, -0.2) is 0 Å². The molecule has 0 heterocycles. The van der Waals surface area contributed by atoms with Crippen LogP contribution in [-0.2, 0) is 0 Å². The number of carbonyl (C=O) groups excluding carboxylic acids is 2. The second-order valence-corrected chi connectivity index (χ2v) is 4.19. The first kappa shape index (κ1) is 13.6. The van der Waals surface area contributed by atoms with Crippen molar-refractivity contribution < 1.29 is 14.5 Å². The van der Waals surface area contributed by atoms with Crippen LogP contribution in [-0.4, -0.2) is 16.5 Å². The summed E-state index contributed by atoms with van der Waals surface area (Å²) in [5.74, 6) is -0.622. The number of non-ortho nitro benzene ring substituents is 1. The fourth-order valence-corrected chi connectivity index (χ4v) is 1.74. The number of rotatable bonds is 5. The van der Waals surface area contributed by atoms with Gasteiger partial charge < -0.3 is 0 Å². The van der Waals surface area contributed by atoms with Gasteiger partial charge in [-0.1, -0.05) is 30.3 Å². The van der Waals surface area contributed by atoms with Crippen LogP contribution in [0, 0.1) is 10.1 Å². The molecule has 0 saturated carbocycles. The first-order chi connectivity index (χ1) is 9.58. The molecule has 0 aromatic heterocycles. The fraction of sp³-hybridized carbons (Fsp3) is 0.0667. The zero-order valence-electron chi connectivity index (χ0n) is 10.5. The van der Waals surface area contributed by atoms with Crippen LogP contribution in [0.4, 0.5) is 5.69 Å². The van der Waals surface area contributed by atoms with Crippen LogP contribution in [0.2, 0.25) is 0 Å². The van der Waals surface area contributed by atoms with E-state index in [0.717, 1.165) is 0 Å². The average molecular weight is 269 g/mol. The minimum Gasteiger partial charge on any atom is -0.294 e. The third-order valence-electron chi connectivity index (χ3n) is 2.82. The Morgan fingerprint density at radius 2 is 1.35 bits per heavy atom. The highest BCUT2D eigenvalue weighted by atomic mass is 16.6. The zero-order chi connectivity index (χ0) is 14.5. The monoisotopic (exact) mass is 269 g/mol. The lowest BCUT2D eigenvalue weighted by molar-refractivity contribution is -0.384. The maximum absolute atomic E-state index is 11.9. The van der Waals surface area contributed by atoms with Crippen LogP contribution < -0.4 is 0 Å². The normalized spacial score (nSPS) is 10.0. The van der Waals surface area contributed by atoms with E-state index < -0.39 is 4.92 Å². The third-order valence-corrected chi connectivity index (χ3v) is 2.82. The van der Waals surface area contributed by atoms with Crippen LogP contribution in [0.1, 0.15) is 27.1 Å². The second kappa shape index (κ2) is 5.88. The van der Waals surface area contributed by atoms with E-state index in [1.165, 1.54) is 24.3 Å². The number of ketones is 2. The molecule has 0 N–H and O–H groups in total. The summed E-state index contributed by atoms with van der Waals surface area (Å²) >= 11 is 0. The Morgan fingerprint density at radius 3 is 1.85 bits per heavy atom. The van der Waals surface area contributed by atoms with Gasteiger partial charge in [-0.2, -0.15) is 0 Å². The molecule has 2 aromatic carbocycles. The molecule has 0 aliphatic rings. The maximum Gasteiger partial charge on any atom is 0.269 e. The molecule has 2 rings (SSSR count). The molecule has 2 aromatic rings. The minimum absolute atomic E-state index is 0.0871. The smallest absolute Gasteiger partial charge is 0.269 e. The predicted octanol–water partition coefficient (Wildman–Crippen LogP) is 3.05. The number of nitrogens with zero attached hydrogens (tertiary/aromatic N) is 1. The molecule has 100 valence electrons. The summed E-state index contributed by atoms with van der Waals surface area (Å²) in [7, 11) is 0. The standard InChI is InChI=1S/C15H11NO4/c17-14(11-4-2-1-3-5-11)10-15(18)12-6-8-13(9-7-12)16(19)20/h1-9H,10H2. The van der Waals surface area contributed by atoms with Gasteiger partial charge >= 0.3 is 0 Å². The summed E-state index contributed by atoms with van der Waals surface area (Å²) in [6.45, 7) is 0. The second-order valence-electron chi connectivity index (χ2n) is 4.19. The van der Waals surface area contributed by atoms with Crippen molar-refractivity contribution in [1.82, 2.24) is 0 Å². The van der Waals surface area contributed by atoms with Gasteiger partial charge in [0.1, 0.15) is 0 Å². The zero-order valence-corrected chi connectivity index (χ0v) is 10.5. The highest BCUT2D eigenvalue weighted by Gasteiger charge is 2.14. The van der Waals surface area contributed by atoms with Gasteiger partial charge in [-0.3, -0.25) is 19.7 Å². The van der Waals surface area contributed by atoms with E-state index in [4.69, 9.17) is 0 Å². The van der Waals surface area contributed by atoms with Crippen molar-refractivity contribution in [3.63, 3.8) is 0 Å². The predicted molar refractivity (Wildman–Crippen MR) is 72.8 cm³/mol. The SMILES string of the molecule is O=C(CC(=O)c1ccc([N+](=O)[O-])cc1)c1ccccc1. The molecular weight excluding hydrogens is 258 g/mol. The Morgan fingerprint density at radius 1 is 0.850 bits per heavy atom. The van der Waals surface area contributed by atoms with Crippen LogP contribution in [0.15, 0.2) is 54.6 Å². The number of Topliss-reactive ketones (excluding diaryl/α,β-unsaturated/α-hetero) is 2. The number of nitro groups is 1. The molecule has 0 aliphatic carbocycles. The first-order valence-electron chi connectivity index (χ1n) is 5.94. The van der Waals surface area contributed by atoms with Crippen molar-refractivity contribution in [1.29, 1.82) is 0 Å². The van der Waals surface area contributed by atoms with Crippen molar-refractivity contribution >= 4 is 17.3 Å². The Kier molecular flexibility index (Phi) is 4.00. The topological polar surface area (TPSA) is 77.3 Å². The van der Waals surface area contributed by atoms with Gasteiger partial charge in [-0.15, -0.1) is 0 Å². The molecule has 20 heavy (non-hydrogen) atoms. The molecule has 0 atom stereocenters. The minimum atomic E-state index is -0.538. The van der Waals surface area contributed by atoms with Crippen molar-refractivity contribution in [2.75, 3.05) is 0 Å². The molecule has 0 fully saturated rings. The Balaban J connectivity index is 2.08. The first-order valence-corrected chi connectivity index (χ1v) is 5.94. The summed E-state index contributed by atoms with van der Waals surface area (Å²) in [4.78, 5) is 33.8. The molecule has 0 bridgehead atoms.